The number of nitrogens with zero attached hydrogens (tertiary/aromatic N) is 2. The zero-order valence-electron chi connectivity index (χ0n) is 35.5. The molecule has 62 heavy (non-hydrogen) atoms. The Morgan fingerprint density at radius 3 is 1.76 bits per heavy atom. The molecule has 7 amide bonds. The summed E-state index contributed by atoms with van der Waals surface area (Å²) in [5, 5.41) is 28.5. The molecule has 0 unspecified atom stereocenters. The van der Waals surface area contributed by atoms with Crippen molar-refractivity contribution in [2.75, 3.05) is 6.54 Å². The first kappa shape index (κ1) is 47.6. The summed E-state index contributed by atoms with van der Waals surface area (Å²) in [5.41, 5.74) is 2.56. The van der Waals surface area contributed by atoms with Gasteiger partial charge in [0.1, 0.15) is 36.3 Å². The van der Waals surface area contributed by atoms with E-state index in [0.29, 0.717) is 17.0 Å². The van der Waals surface area contributed by atoms with Crippen molar-refractivity contribution in [3.8, 4) is 0 Å². The van der Waals surface area contributed by atoms with Gasteiger partial charge in [0.2, 0.25) is 41.4 Å². The number of carbonyl (C=O) groups is 8. The maximum absolute atomic E-state index is 13.9. The number of hydrogen-bond donors (Lipinski definition) is 11. The van der Waals surface area contributed by atoms with Crippen LogP contribution in [0.15, 0.2) is 55.5 Å². The Balaban J connectivity index is 1.41. The number of fused-ring (bicyclic) bond motifs is 1. The summed E-state index contributed by atoms with van der Waals surface area (Å²) in [6, 6.07) is 0.281. The molecular formula is C41H56N12O9. The smallest absolute Gasteiger partial charge is 0.326 e. The van der Waals surface area contributed by atoms with E-state index in [-0.39, 0.29) is 31.6 Å². The van der Waals surface area contributed by atoms with E-state index in [1.165, 1.54) is 38.9 Å². The van der Waals surface area contributed by atoms with E-state index in [2.05, 4.69) is 62.1 Å². The predicted molar refractivity (Wildman–Crippen MR) is 224 cm³/mol. The number of aromatic nitrogens is 5. The van der Waals surface area contributed by atoms with Gasteiger partial charge in [-0.05, 0) is 36.8 Å². The molecule has 0 saturated carbocycles. The highest BCUT2D eigenvalue weighted by atomic mass is 16.4. The SMILES string of the molecule is CC(=O)N[C@@H](Cc1cnc[nH]1)C(=O)N[C@@H](Cc1c[nH]c2ccccc12)C(=O)N[C@@H](C)C(=O)N[C@H](C(=O)NCC(=O)N[C@@H](Cc1cnc[nH]1)C(=O)N[C@@H](CC(C)C)C(=O)O)C(C)C. The molecule has 0 aliphatic carbocycles. The summed E-state index contributed by atoms with van der Waals surface area (Å²) in [6.45, 7) is 9.01. The summed E-state index contributed by atoms with van der Waals surface area (Å²) in [5.74, 6) is -6.60. The minimum Gasteiger partial charge on any atom is -0.480 e. The Labute approximate surface area is 357 Å². The number of aliphatic carboxylic acids is 1. The Kier molecular flexibility index (Phi) is 17.3. The fourth-order valence-corrected chi connectivity index (χ4v) is 6.58. The second kappa shape index (κ2) is 22.5. The fraction of sp³-hybridized carbons (Fsp3) is 0.463. The molecule has 4 rings (SSSR count). The van der Waals surface area contributed by atoms with Crippen LogP contribution >= 0.6 is 0 Å². The van der Waals surface area contributed by atoms with Crippen molar-refractivity contribution < 1.29 is 43.5 Å². The standard InChI is InChI=1S/C41H56N12O9/c1-21(2)11-33(41(61)62)52-39(59)32(14-27-17-43-20-47-27)50-34(55)18-45-40(60)35(22(3)4)53-36(56)23(5)48-37(57)30(12-25-15-44-29-10-8-7-9-28(25)29)51-38(58)31(49-24(6)54)13-26-16-42-19-46-26/h7-10,15-17,19-23,30-33,35,44H,11-14,18H2,1-6H3,(H,42,46)(H,43,47)(H,45,60)(H,48,57)(H,49,54)(H,50,55)(H,51,58)(H,52,59)(H,53,56)(H,61,62)/t23-,30-,31-,32-,33-,35-/m0/s1. The molecule has 3 heterocycles. The topological polar surface area (TPSA) is 314 Å². The fourth-order valence-electron chi connectivity index (χ4n) is 6.58. The van der Waals surface area contributed by atoms with Crippen molar-refractivity contribution >= 4 is 58.2 Å². The minimum atomic E-state index is -1.23. The lowest BCUT2D eigenvalue weighted by atomic mass is 10.0. The molecule has 0 bridgehead atoms. The van der Waals surface area contributed by atoms with Crippen molar-refractivity contribution in [2.24, 2.45) is 11.8 Å². The van der Waals surface area contributed by atoms with Gasteiger partial charge in [-0.15, -0.1) is 0 Å². The lowest BCUT2D eigenvalue weighted by Gasteiger charge is -2.26. The van der Waals surface area contributed by atoms with E-state index in [9.17, 15) is 43.5 Å². The van der Waals surface area contributed by atoms with Gasteiger partial charge in [0, 0.05) is 67.1 Å². The first-order valence-electron chi connectivity index (χ1n) is 20.2. The number of benzene rings is 1. The van der Waals surface area contributed by atoms with E-state index >= 15 is 0 Å². The van der Waals surface area contributed by atoms with Crippen molar-refractivity contribution in [1.29, 1.82) is 0 Å². The first-order valence-corrected chi connectivity index (χ1v) is 20.2. The van der Waals surface area contributed by atoms with Crippen LogP contribution in [0.5, 0.6) is 0 Å². The number of aromatic amines is 3. The number of para-hydroxylation sites is 1. The van der Waals surface area contributed by atoms with E-state index in [1.54, 1.807) is 20.0 Å². The number of nitrogens with one attached hydrogen (secondary N) is 10. The van der Waals surface area contributed by atoms with Gasteiger partial charge >= 0.3 is 5.97 Å². The average Bonchev–Trinajstić information content (AvgIpc) is 4.01. The highest BCUT2D eigenvalue weighted by Crippen LogP contribution is 2.19. The number of imidazole rings is 2. The molecule has 4 aromatic rings. The van der Waals surface area contributed by atoms with Gasteiger partial charge < -0.3 is 57.3 Å². The predicted octanol–water partition coefficient (Wildman–Crippen LogP) is -0.506. The van der Waals surface area contributed by atoms with Crippen molar-refractivity contribution in [2.45, 2.75) is 103 Å². The minimum absolute atomic E-state index is 0.00829. The van der Waals surface area contributed by atoms with Gasteiger partial charge in [-0.25, -0.2) is 14.8 Å². The van der Waals surface area contributed by atoms with Crippen LogP contribution < -0.4 is 37.2 Å². The number of rotatable bonds is 23. The quantitative estimate of drug-likeness (QED) is 0.0452. The molecule has 1 aromatic carbocycles. The molecular weight excluding hydrogens is 805 g/mol. The molecule has 0 saturated heterocycles. The van der Waals surface area contributed by atoms with Crippen LogP contribution in [0.4, 0.5) is 0 Å². The Morgan fingerprint density at radius 2 is 1.21 bits per heavy atom. The summed E-state index contributed by atoms with van der Waals surface area (Å²) in [6.07, 6.45) is 7.65. The summed E-state index contributed by atoms with van der Waals surface area (Å²) in [7, 11) is 0. The molecule has 21 nitrogen and oxygen atoms in total. The van der Waals surface area contributed by atoms with E-state index in [4.69, 9.17) is 0 Å². The second-order valence-electron chi connectivity index (χ2n) is 15.8. The number of amides is 7. The molecule has 0 aliphatic rings. The number of hydrogen-bond acceptors (Lipinski definition) is 10. The van der Waals surface area contributed by atoms with Crippen LogP contribution in [0.2, 0.25) is 0 Å². The molecule has 6 atom stereocenters. The lowest BCUT2D eigenvalue weighted by Crippen LogP contribution is -2.59. The van der Waals surface area contributed by atoms with E-state index in [0.717, 1.165) is 10.9 Å². The van der Waals surface area contributed by atoms with Crippen LogP contribution in [0.3, 0.4) is 0 Å². The summed E-state index contributed by atoms with van der Waals surface area (Å²) < 4.78 is 0. The maximum atomic E-state index is 13.9. The third-order valence-corrected chi connectivity index (χ3v) is 9.78. The molecule has 0 fully saturated rings. The van der Waals surface area contributed by atoms with Crippen LogP contribution in [-0.4, -0.2) is 120 Å². The molecule has 21 heteroatoms. The monoisotopic (exact) mass is 860 g/mol. The van der Waals surface area contributed by atoms with E-state index < -0.39 is 96.0 Å². The highest BCUT2D eigenvalue weighted by Gasteiger charge is 2.32. The van der Waals surface area contributed by atoms with Gasteiger partial charge in [0.25, 0.3) is 0 Å². The van der Waals surface area contributed by atoms with Gasteiger partial charge in [0.05, 0.1) is 19.2 Å². The number of carboxylic acids is 1. The van der Waals surface area contributed by atoms with Gasteiger partial charge in [-0.3, -0.25) is 33.6 Å². The highest BCUT2D eigenvalue weighted by molar-refractivity contribution is 5.97. The second-order valence-corrected chi connectivity index (χ2v) is 15.8. The van der Waals surface area contributed by atoms with E-state index in [1.807, 2.05) is 38.1 Å². The van der Waals surface area contributed by atoms with Crippen molar-refractivity contribution in [3.63, 3.8) is 0 Å². The lowest BCUT2D eigenvalue weighted by molar-refractivity contribution is -0.142. The number of carbonyl (C=O) groups excluding carboxylic acids is 7. The molecule has 11 N–H and O–H groups in total. The number of carboxylic acid groups (broad SMARTS) is 1. The largest absolute Gasteiger partial charge is 0.480 e. The third kappa shape index (κ3) is 14.3. The third-order valence-electron chi connectivity index (χ3n) is 9.78. The zero-order chi connectivity index (χ0) is 45.5. The van der Waals surface area contributed by atoms with Gasteiger partial charge in [-0.1, -0.05) is 45.9 Å². The van der Waals surface area contributed by atoms with Crippen LogP contribution in [-0.2, 0) is 57.6 Å². The molecule has 0 aliphatic heterocycles. The van der Waals surface area contributed by atoms with Crippen LogP contribution in [0, 0.1) is 11.8 Å². The van der Waals surface area contributed by atoms with Crippen molar-refractivity contribution in [1.82, 2.24) is 62.1 Å². The van der Waals surface area contributed by atoms with Crippen LogP contribution in [0.1, 0.15) is 64.9 Å². The Morgan fingerprint density at radius 1 is 0.645 bits per heavy atom. The Hall–Kier alpha value is -7.06. The molecule has 3 aromatic heterocycles. The average molecular weight is 861 g/mol. The Bertz CT molecular complexity index is 2170. The van der Waals surface area contributed by atoms with Crippen molar-refractivity contribution in [3.05, 3.63) is 72.5 Å². The maximum Gasteiger partial charge on any atom is 0.326 e. The van der Waals surface area contributed by atoms with Gasteiger partial charge in [0.15, 0.2) is 0 Å². The number of H-pyrrole nitrogens is 3. The van der Waals surface area contributed by atoms with Crippen LogP contribution in [0.25, 0.3) is 10.9 Å². The summed E-state index contributed by atoms with van der Waals surface area (Å²) >= 11 is 0. The molecule has 0 spiro atoms. The van der Waals surface area contributed by atoms with Gasteiger partial charge in [-0.2, -0.15) is 0 Å². The summed E-state index contributed by atoms with van der Waals surface area (Å²) in [4.78, 5) is 121. The normalized spacial score (nSPS) is 14.1. The molecule has 334 valence electrons. The zero-order valence-corrected chi connectivity index (χ0v) is 35.5. The first-order chi connectivity index (χ1) is 29.4. The molecule has 0 radical (unpaired) electrons.